The molecule has 3 aliphatic heterocycles. The van der Waals surface area contributed by atoms with Crippen LogP contribution in [0.25, 0.3) is 0 Å². The quantitative estimate of drug-likeness (QED) is 0.111. The van der Waals surface area contributed by atoms with E-state index in [0.29, 0.717) is 30.1 Å². The first-order valence-corrected chi connectivity index (χ1v) is 22.4. The van der Waals surface area contributed by atoms with E-state index in [2.05, 4.69) is 18.4 Å². The lowest BCUT2D eigenvalue weighted by Gasteiger charge is -2.37. The molecule has 0 radical (unpaired) electrons. The SMILES string of the molecule is COc1ccc([Si](C)(C)[C@@H]2[C@@H](CC(=O)N(CCO)Cc3ccccc3)O[C@]3(C(=O)N(Cc4cccc(N5CCNCC5=O)c4)c4ccc([N+](=O)[O-])cc43)[C@H]2C)cc1. The van der Waals surface area contributed by atoms with E-state index in [9.17, 15) is 24.8 Å². The molecule has 2 N–H and O–H groups in total. The fourth-order valence-corrected chi connectivity index (χ4v) is 13.2. The molecule has 1 spiro atoms. The summed E-state index contributed by atoms with van der Waals surface area (Å²) in [5, 5.41) is 26.5. The number of anilines is 2. The molecule has 0 saturated carbocycles. The third-order valence-corrected chi connectivity index (χ3v) is 16.4. The number of aliphatic hydroxyl groups excluding tert-OH is 1. The normalized spacial score (nSPS) is 21.9. The molecular weight excluding hydrogens is 743 g/mol. The van der Waals surface area contributed by atoms with Crippen LogP contribution in [-0.2, 0) is 37.8 Å². The standard InChI is InChI=1S/C43H49N5O8Si/c1-29-41(57(3,4)35-16-14-34(55-2)15-17-35)38(25-39(50)45(21-22-49)27-30-9-6-5-7-10-30)56-43(29)36-24-33(48(53)54)13-18-37(36)47(42(43)52)28-31-11-8-12-32(23-31)46-20-19-44-26-40(46)51/h5-18,23-24,29,38,41,44,49H,19-22,25-28H2,1-4H3/t29-,38+,41-,43+/m0/s1. The summed E-state index contributed by atoms with van der Waals surface area (Å²) < 4.78 is 12.6. The number of nitrogens with one attached hydrogen (secondary N) is 1. The Morgan fingerprint density at radius 2 is 1.77 bits per heavy atom. The highest BCUT2D eigenvalue weighted by Crippen LogP contribution is 2.60. The molecule has 7 rings (SSSR count). The zero-order chi connectivity index (χ0) is 40.5. The average molecular weight is 792 g/mol. The number of hydrogen-bond acceptors (Lipinski definition) is 9. The van der Waals surface area contributed by atoms with Gasteiger partial charge in [-0.1, -0.05) is 79.8 Å². The van der Waals surface area contributed by atoms with Gasteiger partial charge in [0.05, 0.1) is 58.0 Å². The lowest BCUT2D eigenvalue weighted by Crippen LogP contribution is -2.52. The highest BCUT2D eigenvalue weighted by molar-refractivity contribution is 6.91. The van der Waals surface area contributed by atoms with E-state index in [0.717, 1.165) is 22.0 Å². The zero-order valence-electron chi connectivity index (χ0n) is 32.7. The number of carbonyl (C=O) groups excluding carboxylic acids is 3. The maximum absolute atomic E-state index is 15.4. The molecular formula is C43H49N5O8Si. The van der Waals surface area contributed by atoms with Crippen molar-refractivity contribution >= 4 is 48.0 Å². The number of ether oxygens (including phenoxy) is 2. The Bertz CT molecular complexity index is 2150. The summed E-state index contributed by atoms with van der Waals surface area (Å²) in [6, 6.07) is 29.4. The Morgan fingerprint density at radius 1 is 1.04 bits per heavy atom. The van der Waals surface area contributed by atoms with Crippen molar-refractivity contribution in [1.29, 1.82) is 0 Å². The molecule has 4 aromatic carbocycles. The van der Waals surface area contributed by atoms with Gasteiger partial charge in [-0.15, -0.1) is 0 Å². The number of methoxy groups -OCH3 is 1. The van der Waals surface area contributed by atoms with Gasteiger partial charge in [-0.25, -0.2) is 0 Å². The topological polar surface area (TPSA) is 155 Å². The second-order valence-corrected chi connectivity index (χ2v) is 20.3. The number of fused-ring (bicyclic) bond motifs is 2. The molecule has 57 heavy (non-hydrogen) atoms. The summed E-state index contributed by atoms with van der Waals surface area (Å²) in [4.78, 5) is 59.3. The van der Waals surface area contributed by atoms with Gasteiger partial charge in [0.25, 0.3) is 11.6 Å². The van der Waals surface area contributed by atoms with Crippen molar-refractivity contribution < 1.29 is 33.9 Å². The van der Waals surface area contributed by atoms with Crippen molar-refractivity contribution in [1.82, 2.24) is 10.2 Å². The molecule has 4 aromatic rings. The number of aliphatic hydroxyl groups is 1. The van der Waals surface area contributed by atoms with E-state index in [1.54, 1.807) is 27.9 Å². The van der Waals surface area contributed by atoms with Crippen molar-refractivity contribution in [3.8, 4) is 5.75 Å². The second-order valence-electron chi connectivity index (χ2n) is 15.6. The van der Waals surface area contributed by atoms with Crippen molar-refractivity contribution in [3.05, 3.63) is 124 Å². The first kappa shape index (κ1) is 39.8. The molecule has 2 saturated heterocycles. The minimum absolute atomic E-state index is 0.0444. The molecule has 298 valence electrons. The minimum Gasteiger partial charge on any atom is -0.497 e. The molecule has 3 amide bonds. The molecule has 0 unspecified atom stereocenters. The number of rotatable bonds is 13. The van der Waals surface area contributed by atoms with Gasteiger partial charge in [0.15, 0.2) is 5.60 Å². The summed E-state index contributed by atoms with van der Waals surface area (Å²) in [7, 11) is -1.05. The predicted molar refractivity (Wildman–Crippen MR) is 219 cm³/mol. The van der Waals surface area contributed by atoms with Crippen LogP contribution in [0.3, 0.4) is 0 Å². The Hall–Kier alpha value is -5.41. The fourth-order valence-electron chi connectivity index (χ4n) is 9.17. The van der Waals surface area contributed by atoms with Gasteiger partial charge < -0.3 is 34.6 Å². The highest BCUT2D eigenvalue weighted by Gasteiger charge is 2.66. The maximum Gasteiger partial charge on any atom is 0.269 e. The zero-order valence-corrected chi connectivity index (χ0v) is 33.7. The smallest absolute Gasteiger partial charge is 0.269 e. The fraction of sp³-hybridized carbons (Fsp3) is 0.372. The summed E-state index contributed by atoms with van der Waals surface area (Å²) in [6.45, 7) is 8.12. The number of benzene rings is 4. The third-order valence-electron chi connectivity index (χ3n) is 12.0. The van der Waals surface area contributed by atoms with Crippen LogP contribution in [0.15, 0.2) is 97.1 Å². The number of non-ortho nitro benzene ring substituents is 1. The van der Waals surface area contributed by atoms with Gasteiger partial charge >= 0.3 is 0 Å². The first-order valence-electron chi connectivity index (χ1n) is 19.3. The van der Waals surface area contributed by atoms with Crippen molar-refractivity contribution in [3.63, 3.8) is 0 Å². The number of nitro benzene ring substituents is 1. The van der Waals surface area contributed by atoms with Crippen LogP contribution in [0, 0.1) is 16.0 Å². The molecule has 3 heterocycles. The lowest BCUT2D eigenvalue weighted by molar-refractivity contribution is -0.385. The predicted octanol–water partition coefficient (Wildman–Crippen LogP) is 4.71. The molecule has 14 heteroatoms. The van der Waals surface area contributed by atoms with E-state index in [1.807, 2.05) is 85.8 Å². The molecule has 0 aromatic heterocycles. The molecule has 2 fully saturated rings. The summed E-state index contributed by atoms with van der Waals surface area (Å²) >= 11 is 0. The summed E-state index contributed by atoms with van der Waals surface area (Å²) in [5.74, 6) is -0.437. The lowest BCUT2D eigenvalue weighted by atomic mass is 9.82. The average Bonchev–Trinajstić information content (AvgIpc) is 3.63. The van der Waals surface area contributed by atoms with Crippen molar-refractivity contribution in [2.45, 2.75) is 56.8 Å². The third kappa shape index (κ3) is 7.45. The number of hydrogen-bond donors (Lipinski definition) is 2. The van der Waals surface area contributed by atoms with E-state index in [1.165, 1.54) is 12.1 Å². The first-order chi connectivity index (χ1) is 27.4. The van der Waals surface area contributed by atoms with Gasteiger partial charge in [-0.05, 0) is 47.0 Å². The van der Waals surface area contributed by atoms with E-state index in [-0.39, 0.29) is 68.2 Å². The highest BCUT2D eigenvalue weighted by atomic mass is 28.3. The Morgan fingerprint density at radius 3 is 2.46 bits per heavy atom. The van der Waals surface area contributed by atoms with E-state index >= 15 is 4.79 Å². The van der Waals surface area contributed by atoms with Crippen LogP contribution in [0.4, 0.5) is 17.1 Å². The molecule has 0 aliphatic carbocycles. The number of amides is 3. The molecule has 3 aliphatic rings. The number of piperazine rings is 1. The minimum atomic E-state index is -2.66. The monoisotopic (exact) mass is 791 g/mol. The molecule has 4 atom stereocenters. The Labute approximate surface area is 333 Å². The number of carbonyl (C=O) groups is 3. The van der Waals surface area contributed by atoms with Crippen LogP contribution in [0.1, 0.15) is 30.0 Å². The van der Waals surface area contributed by atoms with Gasteiger partial charge in [0.2, 0.25) is 11.8 Å². The molecule has 0 bridgehead atoms. The van der Waals surface area contributed by atoms with Crippen molar-refractivity contribution in [2.24, 2.45) is 5.92 Å². The van der Waals surface area contributed by atoms with Gasteiger partial charge in [0.1, 0.15) is 5.75 Å². The van der Waals surface area contributed by atoms with Crippen LogP contribution < -0.4 is 25.0 Å². The Kier molecular flexibility index (Phi) is 11.3. The Balaban J connectivity index is 1.30. The van der Waals surface area contributed by atoms with Crippen LogP contribution in [0.2, 0.25) is 18.6 Å². The van der Waals surface area contributed by atoms with Crippen molar-refractivity contribution in [2.75, 3.05) is 49.7 Å². The van der Waals surface area contributed by atoms with Crippen LogP contribution >= 0.6 is 0 Å². The van der Waals surface area contributed by atoms with E-state index in [4.69, 9.17) is 9.47 Å². The van der Waals surface area contributed by atoms with Gasteiger partial charge in [-0.3, -0.25) is 24.5 Å². The summed E-state index contributed by atoms with van der Waals surface area (Å²) in [6.07, 6.45) is -0.805. The van der Waals surface area contributed by atoms with Gasteiger partial charge in [0, 0.05) is 55.5 Å². The van der Waals surface area contributed by atoms with Crippen LogP contribution in [-0.4, -0.2) is 86.7 Å². The molecule has 13 nitrogen and oxygen atoms in total. The largest absolute Gasteiger partial charge is 0.497 e. The second kappa shape index (κ2) is 16.2. The van der Waals surface area contributed by atoms with E-state index < -0.39 is 30.6 Å². The number of nitrogens with zero attached hydrogens (tertiary/aromatic N) is 4. The van der Waals surface area contributed by atoms with Crippen LogP contribution in [0.5, 0.6) is 5.75 Å². The maximum atomic E-state index is 15.4. The summed E-state index contributed by atoms with van der Waals surface area (Å²) in [5.41, 5.74) is 1.20. The number of nitro groups is 1. The van der Waals surface area contributed by atoms with Gasteiger partial charge in [-0.2, -0.15) is 0 Å².